The molecule has 0 bridgehead atoms. The molecule has 0 aliphatic rings. The molecular weight excluding hydrogens is 328 g/mol. The van der Waals surface area contributed by atoms with Crippen molar-refractivity contribution >= 4 is 43.3 Å². The number of benzene rings is 5. The molecule has 0 aliphatic carbocycles. The van der Waals surface area contributed by atoms with Crippen molar-refractivity contribution in [3.8, 4) is 11.3 Å². The van der Waals surface area contributed by atoms with Crippen molar-refractivity contribution in [2.45, 2.75) is 0 Å². The summed E-state index contributed by atoms with van der Waals surface area (Å²) in [6.07, 6.45) is 0. The van der Waals surface area contributed by atoms with Crippen LogP contribution in [0.5, 0.6) is 0 Å². The van der Waals surface area contributed by atoms with Gasteiger partial charge in [-0.3, -0.25) is 0 Å². The molecule has 1 heterocycles. The van der Waals surface area contributed by atoms with E-state index in [1.54, 1.807) is 0 Å². The van der Waals surface area contributed by atoms with Crippen molar-refractivity contribution in [3.05, 3.63) is 97.1 Å². The van der Waals surface area contributed by atoms with E-state index in [9.17, 15) is 0 Å². The zero-order valence-electron chi connectivity index (χ0n) is 14.6. The van der Waals surface area contributed by atoms with Crippen molar-refractivity contribution in [2.24, 2.45) is 0 Å². The topological polar surface area (TPSA) is 13.1 Å². The highest BCUT2D eigenvalue weighted by atomic mass is 16.3. The normalized spacial score (nSPS) is 11.7. The molecule has 0 spiro atoms. The predicted octanol–water partition coefficient (Wildman–Crippen LogP) is 7.56. The van der Waals surface area contributed by atoms with Crippen LogP contribution in [0.25, 0.3) is 54.6 Å². The summed E-state index contributed by atoms with van der Waals surface area (Å²) in [5, 5.41) is 8.61. The highest BCUT2D eigenvalue weighted by Gasteiger charge is 2.11. The van der Waals surface area contributed by atoms with Gasteiger partial charge in [-0.25, -0.2) is 0 Å². The smallest absolute Gasteiger partial charge is 0.142 e. The number of rotatable bonds is 1. The van der Waals surface area contributed by atoms with E-state index in [1.807, 2.05) is 18.2 Å². The summed E-state index contributed by atoms with van der Waals surface area (Å²) in [4.78, 5) is 0. The Morgan fingerprint density at radius 3 is 2.00 bits per heavy atom. The molecule has 0 radical (unpaired) electrons. The molecule has 6 rings (SSSR count). The average molecular weight is 344 g/mol. The second-order valence-electron chi connectivity index (χ2n) is 7.04. The Hall–Kier alpha value is -3.58. The molecule has 0 saturated heterocycles. The molecule has 0 amide bonds. The summed E-state index contributed by atoms with van der Waals surface area (Å²) in [7, 11) is 0. The van der Waals surface area contributed by atoms with Crippen molar-refractivity contribution in [3.63, 3.8) is 0 Å². The van der Waals surface area contributed by atoms with Crippen LogP contribution in [-0.2, 0) is 0 Å². The Morgan fingerprint density at radius 1 is 0.444 bits per heavy atom. The van der Waals surface area contributed by atoms with E-state index in [2.05, 4.69) is 78.9 Å². The van der Waals surface area contributed by atoms with Crippen LogP contribution in [0, 0.1) is 0 Å². The fraction of sp³-hybridized carbons (Fsp3) is 0. The third-order valence-electron chi connectivity index (χ3n) is 5.42. The van der Waals surface area contributed by atoms with Gasteiger partial charge in [-0.05, 0) is 51.2 Å². The third kappa shape index (κ3) is 2.18. The highest BCUT2D eigenvalue weighted by molar-refractivity contribution is 6.18. The van der Waals surface area contributed by atoms with E-state index < -0.39 is 0 Å². The molecule has 6 aromatic rings. The van der Waals surface area contributed by atoms with Crippen molar-refractivity contribution < 1.29 is 4.42 Å². The van der Waals surface area contributed by atoms with Gasteiger partial charge in [0.2, 0.25) is 0 Å². The van der Waals surface area contributed by atoms with Crippen molar-refractivity contribution in [1.82, 2.24) is 0 Å². The van der Waals surface area contributed by atoms with Crippen LogP contribution in [0.4, 0.5) is 0 Å². The Bertz CT molecular complexity index is 1460. The molecule has 0 aliphatic heterocycles. The second-order valence-corrected chi connectivity index (χ2v) is 7.04. The quantitative estimate of drug-likeness (QED) is 0.221. The van der Waals surface area contributed by atoms with Crippen molar-refractivity contribution in [2.75, 3.05) is 0 Å². The molecule has 1 nitrogen and oxygen atoms in total. The van der Waals surface area contributed by atoms with Crippen LogP contribution in [-0.4, -0.2) is 0 Å². The van der Waals surface area contributed by atoms with Crippen LogP contribution >= 0.6 is 0 Å². The maximum atomic E-state index is 6.30. The monoisotopic (exact) mass is 344 g/mol. The predicted molar refractivity (Wildman–Crippen MR) is 114 cm³/mol. The van der Waals surface area contributed by atoms with Crippen LogP contribution < -0.4 is 0 Å². The Morgan fingerprint density at radius 2 is 1.15 bits per heavy atom. The van der Waals surface area contributed by atoms with Gasteiger partial charge < -0.3 is 4.42 Å². The highest BCUT2D eigenvalue weighted by Crippen LogP contribution is 2.36. The minimum Gasteiger partial charge on any atom is -0.455 e. The van der Waals surface area contributed by atoms with Crippen molar-refractivity contribution in [1.29, 1.82) is 0 Å². The summed E-state index contributed by atoms with van der Waals surface area (Å²) >= 11 is 0. The Labute approximate surface area is 156 Å². The Kier molecular flexibility index (Phi) is 2.95. The van der Waals surface area contributed by atoms with E-state index in [0.29, 0.717) is 0 Å². The SMILES string of the molecule is c1ccc(-c2cc3ccc4c5cc6ccccc6cc5ccc4c3o2)cc1. The molecule has 126 valence electrons. The molecule has 1 heteroatoms. The zero-order chi connectivity index (χ0) is 17.8. The van der Waals surface area contributed by atoms with Gasteiger partial charge in [-0.1, -0.05) is 72.8 Å². The maximum Gasteiger partial charge on any atom is 0.142 e. The largest absolute Gasteiger partial charge is 0.455 e. The van der Waals surface area contributed by atoms with Gasteiger partial charge in [0.1, 0.15) is 11.3 Å². The van der Waals surface area contributed by atoms with E-state index in [4.69, 9.17) is 4.42 Å². The van der Waals surface area contributed by atoms with Crippen LogP contribution in [0.3, 0.4) is 0 Å². The summed E-state index contributed by atoms with van der Waals surface area (Å²) in [5.41, 5.74) is 2.06. The van der Waals surface area contributed by atoms with Gasteiger partial charge in [-0.2, -0.15) is 0 Å². The first-order chi connectivity index (χ1) is 13.4. The summed E-state index contributed by atoms with van der Waals surface area (Å²) in [6, 6.07) is 34.3. The molecule has 1 aromatic heterocycles. The zero-order valence-corrected chi connectivity index (χ0v) is 14.6. The van der Waals surface area contributed by atoms with Gasteiger partial charge in [0, 0.05) is 16.3 Å². The molecule has 0 N–H and O–H groups in total. The van der Waals surface area contributed by atoms with E-state index in [0.717, 1.165) is 27.7 Å². The fourth-order valence-electron chi connectivity index (χ4n) is 4.07. The molecule has 27 heavy (non-hydrogen) atoms. The first-order valence-corrected chi connectivity index (χ1v) is 9.20. The van der Waals surface area contributed by atoms with Crippen LogP contribution in [0.1, 0.15) is 0 Å². The average Bonchev–Trinajstić information content (AvgIpc) is 3.17. The standard InChI is InChI=1S/C26H16O/c1-2-6-17(7-3-1)25-16-21-11-12-22-23(26(21)27-25)13-10-20-14-18-8-4-5-9-19(18)15-24(20)22/h1-16H. The van der Waals surface area contributed by atoms with Gasteiger partial charge in [-0.15, -0.1) is 0 Å². The lowest BCUT2D eigenvalue weighted by Crippen LogP contribution is -1.80. The first kappa shape index (κ1) is 14.6. The lowest BCUT2D eigenvalue weighted by Gasteiger charge is -2.07. The minimum absolute atomic E-state index is 0.914. The Balaban J connectivity index is 1.68. The number of hydrogen-bond acceptors (Lipinski definition) is 1. The minimum atomic E-state index is 0.914. The lowest BCUT2D eigenvalue weighted by molar-refractivity contribution is 0.635. The molecular formula is C26H16O. The molecule has 0 fully saturated rings. The van der Waals surface area contributed by atoms with Gasteiger partial charge in [0.25, 0.3) is 0 Å². The van der Waals surface area contributed by atoms with E-state index in [-0.39, 0.29) is 0 Å². The van der Waals surface area contributed by atoms with Gasteiger partial charge in [0.05, 0.1) is 0 Å². The summed E-state index contributed by atoms with van der Waals surface area (Å²) in [5.74, 6) is 0.914. The number of furan rings is 1. The van der Waals surface area contributed by atoms with Gasteiger partial charge in [0.15, 0.2) is 0 Å². The lowest BCUT2D eigenvalue weighted by atomic mass is 9.97. The van der Waals surface area contributed by atoms with E-state index in [1.165, 1.54) is 26.9 Å². The summed E-state index contributed by atoms with van der Waals surface area (Å²) in [6.45, 7) is 0. The fourth-order valence-corrected chi connectivity index (χ4v) is 4.07. The molecule has 0 saturated carbocycles. The number of hydrogen-bond donors (Lipinski definition) is 0. The van der Waals surface area contributed by atoms with E-state index >= 15 is 0 Å². The maximum absolute atomic E-state index is 6.30. The summed E-state index contributed by atoms with van der Waals surface area (Å²) < 4.78 is 6.30. The second kappa shape index (κ2) is 5.46. The third-order valence-corrected chi connectivity index (χ3v) is 5.42. The molecule has 5 aromatic carbocycles. The molecule has 0 unspecified atom stereocenters. The van der Waals surface area contributed by atoms with Crippen LogP contribution in [0.15, 0.2) is 101 Å². The first-order valence-electron chi connectivity index (χ1n) is 9.20. The van der Waals surface area contributed by atoms with Crippen LogP contribution in [0.2, 0.25) is 0 Å². The molecule has 0 atom stereocenters. The number of fused-ring (bicyclic) bond motifs is 6. The van der Waals surface area contributed by atoms with Gasteiger partial charge >= 0.3 is 0 Å².